The first-order valence-electron chi connectivity index (χ1n) is 7.09. The van der Waals surface area contributed by atoms with Crippen molar-refractivity contribution in [3.8, 4) is 5.69 Å². The van der Waals surface area contributed by atoms with Crippen molar-refractivity contribution < 1.29 is 0 Å². The fraction of sp³-hybridized carbons (Fsp3) is 0.188. The Hall–Kier alpha value is -2.44. The molecule has 4 N–H and O–H groups in total. The van der Waals surface area contributed by atoms with Crippen molar-refractivity contribution in [2.24, 2.45) is 5.73 Å². The molecule has 6 nitrogen and oxygen atoms in total. The van der Waals surface area contributed by atoms with E-state index in [-0.39, 0.29) is 5.56 Å². The van der Waals surface area contributed by atoms with Crippen LogP contribution in [0.4, 0.5) is 5.82 Å². The smallest absolute Gasteiger partial charge is 0.267 e. The highest BCUT2D eigenvalue weighted by Gasteiger charge is 2.18. The van der Waals surface area contributed by atoms with E-state index < -0.39 is 6.04 Å². The molecular formula is C16H16ClN5O. The number of aryl methyl sites for hydroxylation is 1. The highest BCUT2D eigenvalue weighted by atomic mass is 35.5. The second kappa shape index (κ2) is 5.64. The van der Waals surface area contributed by atoms with E-state index in [2.05, 4.69) is 9.97 Å². The first-order chi connectivity index (χ1) is 10.9. The summed E-state index contributed by atoms with van der Waals surface area (Å²) in [5.41, 5.74) is 13.4. The standard InChI is InChI=1S/C16H16ClN5O/c1-8-6-13(19)20-7-12(8)22-15(9(2)18)21-11-5-3-4-10(17)14(11)16(22)23/h3-7,9H,18H2,1-2H3,(H2,19,20). The number of aromatic nitrogens is 3. The molecule has 0 aliphatic carbocycles. The maximum absolute atomic E-state index is 13.0. The number of nitrogen functional groups attached to an aromatic ring is 1. The molecule has 0 aliphatic heterocycles. The Balaban J connectivity index is 2.47. The molecule has 0 fully saturated rings. The van der Waals surface area contributed by atoms with Gasteiger partial charge in [-0.1, -0.05) is 17.7 Å². The van der Waals surface area contributed by atoms with Crippen LogP contribution in [-0.2, 0) is 0 Å². The van der Waals surface area contributed by atoms with Crippen molar-refractivity contribution >= 4 is 28.3 Å². The van der Waals surface area contributed by atoms with Gasteiger partial charge in [0.1, 0.15) is 11.6 Å². The quantitative estimate of drug-likeness (QED) is 0.751. The van der Waals surface area contributed by atoms with E-state index in [4.69, 9.17) is 23.1 Å². The fourth-order valence-corrected chi connectivity index (χ4v) is 2.80. The van der Waals surface area contributed by atoms with Gasteiger partial charge < -0.3 is 11.5 Å². The molecule has 0 amide bonds. The summed E-state index contributed by atoms with van der Waals surface area (Å²) in [4.78, 5) is 21.6. The average molecular weight is 330 g/mol. The van der Waals surface area contributed by atoms with Crippen molar-refractivity contribution in [2.45, 2.75) is 19.9 Å². The third-order valence-electron chi connectivity index (χ3n) is 3.63. The number of nitrogens with zero attached hydrogens (tertiary/aromatic N) is 3. The molecule has 1 aromatic carbocycles. The third kappa shape index (κ3) is 2.56. The first-order valence-corrected chi connectivity index (χ1v) is 7.47. The van der Waals surface area contributed by atoms with Gasteiger partial charge in [-0.25, -0.2) is 9.97 Å². The van der Waals surface area contributed by atoms with Crippen LogP contribution >= 0.6 is 11.6 Å². The highest BCUT2D eigenvalue weighted by molar-refractivity contribution is 6.35. The number of nitrogens with two attached hydrogens (primary N) is 2. The second-order valence-electron chi connectivity index (χ2n) is 5.43. The minimum absolute atomic E-state index is 0.275. The van der Waals surface area contributed by atoms with Gasteiger partial charge in [0.2, 0.25) is 0 Å². The number of hydrogen-bond donors (Lipinski definition) is 2. The molecule has 7 heteroatoms. The lowest BCUT2D eigenvalue weighted by atomic mass is 10.2. The molecule has 2 aromatic heterocycles. The number of fused-ring (bicyclic) bond motifs is 1. The fourth-order valence-electron chi connectivity index (χ4n) is 2.55. The molecule has 0 aliphatic rings. The van der Waals surface area contributed by atoms with Gasteiger partial charge >= 0.3 is 0 Å². The minimum Gasteiger partial charge on any atom is -0.384 e. The van der Waals surface area contributed by atoms with Crippen LogP contribution in [0.15, 0.2) is 35.3 Å². The molecule has 3 rings (SSSR count). The van der Waals surface area contributed by atoms with Gasteiger partial charge in [-0.05, 0) is 37.6 Å². The summed E-state index contributed by atoms with van der Waals surface area (Å²) in [6.45, 7) is 3.62. The average Bonchev–Trinajstić information content (AvgIpc) is 2.48. The summed E-state index contributed by atoms with van der Waals surface area (Å²) < 4.78 is 1.46. The van der Waals surface area contributed by atoms with Crippen molar-refractivity contribution in [2.75, 3.05) is 5.73 Å². The summed E-state index contributed by atoms with van der Waals surface area (Å²) >= 11 is 6.20. The van der Waals surface area contributed by atoms with Crippen LogP contribution in [0, 0.1) is 6.92 Å². The van der Waals surface area contributed by atoms with Crippen molar-refractivity contribution in [1.29, 1.82) is 0 Å². The molecule has 1 unspecified atom stereocenters. The van der Waals surface area contributed by atoms with E-state index in [0.717, 1.165) is 5.56 Å². The maximum Gasteiger partial charge on any atom is 0.267 e. The Morgan fingerprint density at radius 1 is 1.35 bits per heavy atom. The van der Waals surface area contributed by atoms with Crippen LogP contribution in [0.1, 0.15) is 24.4 Å². The van der Waals surface area contributed by atoms with Gasteiger partial charge in [0.15, 0.2) is 0 Å². The molecular weight excluding hydrogens is 314 g/mol. The first kappa shape index (κ1) is 15.5. The van der Waals surface area contributed by atoms with Gasteiger partial charge in [0.25, 0.3) is 5.56 Å². The number of hydrogen-bond acceptors (Lipinski definition) is 5. The lowest BCUT2D eigenvalue weighted by Gasteiger charge is -2.17. The van der Waals surface area contributed by atoms with Gasteiger partial charge in [0, 0.05) is 0 Å². The SMILES string of the molecule is Cc1cc(N)ncc1-n1c(C(C)N)nc2cccc(Cl)c2c1=O. The molecule has 0 saturated heterocycles. The highest BCUT2D eigenvalue weighted by Crippen LogP contribution is 2.23. The van der Waals surface area contributed by atoms with Crippen LogP contribution < -0.4 is 17.0 Å². The monoisotopic (exact) mass is 329 g/mol. The number of rotatable bonds is 2. The van der Waals surface area contributed by atoms with Crippen LogP contribution in [0.5, 0.6) is 0 Å². The predicted octanol–water partition coefficient (Wildman–Crippen LogP) is 2.34. The van der Waals surface area contributed by atoms with Gasteiger partial charge in [-0.3, -0.25) is 9.36 Å². The Kier molecular flexibility index (Phi) is 3.79. The lowest BCUT2D eigenvalue weighted by Crippen LogP contribution is -2.28. The summed E-state index contributed by atoms with van der Waals surface area (Å²) in [5, 5.41) is 0.709. The molecule has 118 valence electrons. The minimum atomic E-state index is -0.442. The van der Waals surface area contributed by atoms with E-state index in [9.17, 15) is 4.79 Å². The molecule has 0 radical (unpaired) electrons. The Morgan fingerprint density at radius 2 is 2.09 bits per heavy atom. The topological polar surface area (TPSA) is 99.8 Å². The zero-order valence-electron chi connectivity index (χ0n) is 12.7. The number of anilines is 1. The molecule has 1 atom stereocenters. The van der Waals surface area contributed by atoms with Crippen LogP contribution in [0.3, 0.4) is 0 Å². The van der Waals surface area contributed by atoms with E-state index in [1.165, 1.54) is 4.57 Å². The largest absolute Gasteiger partial charge is 0.384 e. The molecule has 0 bridgehead atoms. The third-order valence-corrected chi connectivity index (χ3v) is 3.94. The molecule has 23 heavy (non-hydrogen) atoms. The second-order valence-corrected chi connectivity index (χ2v) is 5.84. The summed E-state index contributed by atoms with van der Waals surface area (Å²) in [7, 11) is 0. The van der Waals surface area contributed by atoms with Gasteiger partial charge in [-0.15, -0.1) is 0 Å². The van der Waals surface area contributed by atoms with Crippen molar-refractivity contribution in [3.05, 3.63) is 57.2 Å². The van der Waals surface area contributed by atoms with E-state index in [0.29, 0.717) is 33.3 Å². The van der Waals surface area contributed by atoms with Crippen LogP contribution in [-0.4, -0.2) is 14.5 Å². The van der Waals surface area contributed by atoms with Crippen LogP contribution in [0.25, 0.3) is 16.6 Å². The molecule has 3 aromatic rings. The van der Waals surface area contributed by atoms with E-state index in [1.807, 2.05) is 6.92 Å². The Labute approximate surface area is 137 Å². The van der Waals surface area contributed by atoms with Crippen molar-refractivity contribution in [1.82, 2.24) is 14.5 Å². The van der Waals surface area contributed by atoms with Gasteiger partial charge in [0.05, 0.1) is 33.9 Å². The normalized spacial score (nSPS) is 12.5. The Morgan fingerprint density at radius 3 is 2.74 bits per heavy atom. The van der Waals surface area contributed by atoms with Crippen molar-refractivity contribution in [3.63, 3.8) is 0 Å². The number of halogens is 1. The number of pyridine rings is 1. The number of benzene rings is 1. The molecule has 0 saturated carbocycles. The maximum atomic E-state index is 13.0. The lowest BCUT2D eigenvalue weighted by molar-refractivity contribution is 0.694. The van der Waals surface area contributed by atoms with Crippen LogP contribution in [0.2, 0.25) is 5.02 Å². The Bertz CT molecular complexity index is 965. The van der Waals surface area contributed by atoms with E-state index >= 15 is 0 Å². The van der Waals surface area contributed by atoms with E-state index in [1.54, 1.807) is 37.4 Å². The summed E-state index contributed by atoms with van der Waals surface area (Å²) in [5.74, 6) is 0.827. The zero-order valence-corrected chi connectivity index (χ0v) is 13.5. The molecule has 2 heterocycles. The predicted molar refractivity (Wildman–Crippen MR) is 91.9 cm³/mol. The summed E-state index contributed by atoms with van der Waals surface area (Å²) in [6, 6.07) is 6.42. The zero-order chi connectivity index (χ0) is 16.7. The summed E-state index contributed by atoms with van der Waals surface area (Å²) in [6.07, 6.45) is 1.54. The van der Waals surface area contributed by atoms with Gasteiger partial charge in [-0.2, -0.15) is 0 Å². The molecule has 0 spiro atoms.